The highest BCUT2D eigenvalue weighted by molar-refractivity contribution is 9.10. The van der Waals surface area contributed by atoms with Crippen molar-refractivity contribution < 1.29 is 0 Å². The van der Waals surface area contributed by atoms with E-state index in [1.54, 1.807) is 11.3 Å². The fourth-order valence-electron chi connectivity index (χ4n) is 2.62. The summed E-state index contributed by atoms with van der Waals surface area (Å²) in [4.78, 5) is 14.8. The molecule has 3 aromatic heterocycles. The second-order valence-electron chi connectivity index (χ2n) is 5.65. The fourth-order valence-corrected chi connectivity index (χ4v) is 3.85. The maximum atomic E-state index is 4.58. The molecule has 1 saturated carbocycles. The summed E-state index contributed by atoms with van der Waals surface area (Å²) in [6.07, 6.45) is 8.12. The van der Waals surface area contributed by atoms with Crippen LogP contribution in [0.15, 0.2) is 35.2 Å². The number of nitrogens with one attached hydrogen (secondary N) is 1. The third-order valence-corrected chi connectivity index (χ3v) is 5.28. The Bertz CT molecular complexity index is 828. The van der Waals surface area contributed by atoms with Crippen molar-refractivity contribution in [3.63, 3.8) is 0 Å². The summed E-state index contributed by atoms with van der Waals surface area (Å²) in [5, 5.41) is 4.83. The number of aryl methyl sites for hydroxylation is 1. The molecule has 1 fully saturated rings. The van der Waals surface area contributed by atoms with Crippen LogP contribution in [0.25, 0.3) is 11.0 Å². The quantitative estimate of drug-likeness (QED) is 0.717. The first kappa shape index (κ1) is 14.1. The van der Waals surface area contributed by atoms with Gasteiger partial charge in [-0.2, -0.15) is 0 Å². The number of hydrogen-bond donors (Lipinski definition) is 1. The molecule has 1 N–H and O–H groups in total. The first-order valence-corrected chi connectivity index (χ1v) is 8.91. The molecule has 1 aliphatic rings. The third-order valence-electron chi connectivity index (χ3n) is 3.85. The second-order valence-corrected chi connectivity index (χ2v) is 7.83. The van der Waals surface area contributed by atoms with E-state index in [0.717, 1.165) is 21.2 Å². The second kappa shape index (κ2) is 5.59. The maximum absolute atomic E-state index is 4.58. The zero-order valence-electron chi connectivity index (χ0n) is 12.1. The van der Waals surface area contributed by atoms with Gasteiger partial charge < -0.3 is 5.32 Å². The van der Waals surface area contributed by atoms with Crippen LogP contribution >= 0.6 is 27.3 Å². The van der Waals surface area contributed by atoms with E-state index in [1.807, 2.05) is 30.7 Å². The Kier molecular flexibility index (Phi) is 3.58. The summed E-state index contributed by atoms with van der Waals surface area (Å²) < 4.78 is 0.943. The smallest absolute Gasteiger partial charge is 0.115 e. The first-order valence-electron chi connectivity index (χ1n) is 7.30. The largest absolute Gasteiger partial charge is 0.374 e. The summed E-state index contributed by atoms with van der Waals surface area (Å²) in [5.74, 6) is 0.671. The van der Waals surface area contributed by atoms with Gasteiger partial charge in [-0.15, -0.1) is 11.3 Å². The SMILES string of the molecule is Cc1cnc(C(Nc2ccnc3cc(Br)cnc23)C2CC2)s1. The number of rotatable bonds is 4. The molecule has 0 radical (unpaired) electrons. The lowest BCUT2D eigenvalue weighted by Crippen LogP contribution is -2.13. The van der Waals surface area contributed by atoms with Crippen LogP contribution in [0, 0.1) is 12.8 Å². The minimum atomic E-state index is 0.273. The summed E-state index contributed by atoms with van der Waals surface area (Å²) in [6, 6.07) is 4.27. The lowest BCUT2D eigenvalue weighted by atomic mass is 10.1. The molecule has 6 heteroatoms. The first-order chi connectivity index (χ1) is 10.7. The highest BCUT2D eigenvalue weighted by Crippen LogP contribution is 2.44. The van der Waals surface area contributed by atoms with E-state index in [2.05, 4.69) is 43.1 Å². The number of hydrogen-bond acceptors (Lipinski definition) is 5. The molecule has 4 nitrogen and oxygen atoms in total. The molecule has 0 bridgehead atoms. The van der Waals surface area contributed by atoms with Crippen LogP contribution in [0.5, 0.6) is 0 Å². The molecule has 3 heterocycles. The predicted octanol–water partition coefficient (Wildman–Crippen LogP) is 4.72. The Morgan fingerprint density at radius 2 is 2.14 bits per heavy atom. The minimum absolute atomic E-state index is 0.273. The molecule has 0 amide bonds. The van der Waals surface area contributed by atoms with Crippen LogP contribution in [0.3, 0.4) is 0 Å². The molecule has 1 atom stereocenters. The molecule has 3 aromatic rings. The number of nitrogens with zero attached hydrogens (tertiary/aromatic N) is 3. The molecule has 0 aliphatic heterocycles. The van der Waals surface area contributed by atoms with E-state index in [9.17, 15) is 0 Å². The molecule has 112 valence electrons. The van der Waals surface area contributed by atoms with Crippen molar-refractivity contribution in [1.82, 2.24) is 15.0 Å². The molecule has 1 unspecified atom stereocenters. The summed E-state index contributed by atoms with van der Waals surface area (Å²) >= 11 is 5.22. The third kappa shape index (κ3) is 2.73. The highest BCUT2D eigenvalue weighted by atomic mass is 79.9. The number of halogens is 1. The van der Waals surface area contributed by atoms with Gasteiger partial charge in [-0.25, -0.2) is 4.98 Å². The van der Waals surface area contributed by atoms with Crippen molar-refractivity contribution in [2.75, 3.05) is 5.32 Å². The maximum Gasteiger partial charge on any atom is 0.115 e. The van der Waals surface area contributed by atoms with Crippen molar-refractivity contribution in [3.8, 4) is 0 Å². The van der Waals surface area contributed by atoms with Gasteiger partial charge in [-0.05, 0) is 53.7 Å². The standard InChI is InChI=1S/C16H15BrN4S/c1-9-7-20-16(22-9)14(10-2-3-10)21-12-4-5-18-13-6-11(17)8-19-15(12)13/h4-8,10,14H,2-3H2,1H3,(H,18,21). The Balaban J connectivity index is 1.72. The Morgan fingerprint density at radius 1 is 1.27 bits per heavy atom. The van der Waals surface area contributed by atoms with E-state index in [1.165, 1.54) is 22.7 Å². The number of aromatic nitrogens is 3. The van der Waals surface area contributed by atoms with Gasteiger partial charge in [0.2, 0.25) is 0 Å². The topological polar surface area (TPSA) is 50.7 Å². The van der Waals surface area contributed by atoms with Crippen LogP contribution in [0.4, 0.5) is 5.69 Å². The molecule has 1 aliphatic carbocycles. The molecule has 4 rings (SSSR count). The van der Waals surface area contributed by atoms with E-state index < -0.39 is 0 Å². The molecule has 0 saturated heterocycles. The monoisotopic (exact) mass is 374 g/mol. The average Bonchev–Trinajstić information content (AvgIpc) is 3.26. The van der Waals surface area contributed by atoms with E-state index in [4.69, 9.17) is 0 Å². The number of pyridine rings is 2. The van der Waals surface area contributed by atoms with Gasteiger partial charge in [-0.3, -0.25) is 9.97 Å². The van der Waals surface area contributed by atoms with Gasteiger partial charge in [0.1, 0.15) is 10.5 Å². The van der Waals surface area contributed by atoms with E-state index in [0.29, 0.717) is 5.92 Å². The summed E-state index contributed by atoms with van der Waals surface area (Å²) in [7, 11) is 0. The van der Waals surface area contributed by atoms with Gasteiger partial charge in [0.15, 0.2) is 0 Å². The van der Waals surface area contributed by atoms with Crippen molar-refractivity contribution in [2.45, 2.75) is 25.8 Å². The summed E-state index contributed by atoms with van der Waals surface area (Å²) in [5.41, 5.74) is 2.83. The van der Waals surface area contributed by atoms with Crippen molar-refractivity contribution in [3.05, 3.63) is 45.1 Å². The normalized spacial score (nSPS) is 15.9. The van der Waals surface area contributed by atoms with Crippen molar-refractivity contribution in [1.29, 1.82) is 0 Å². The van der Waals surface area contributed by atoms with Crippen molar-refractivity contribution in [2.24, 2.45) is 5.92 Å². The van der Waals surface area contributed by atoms with Crippen LogP contribution in [-0.2, 0) is 0 Å². The Hall–Kier alpha value is -1.53. The molecule has 0 spiro atoms. The van der Waals surface area contributed by atoms with E-state index >= 15 is 0 Å². The van der Waals surface area contributed by atoms with Gasteiger partial charge in [0.05, 0.1) is 17.2 Å². The molecular weight excluding hydrogens is 360 g/mol. The number of thiazole rings is 1. The van der Waals surface area contributed by atoms with Crippen LogP contribution in [0.1, 0.15) is 28.8 Å². The number of anilines is 1. The van der Waals surface area contributed by atoms with Gasteiger partial charge >= 0.3 is 0 Å². The Morgan fingerprint density at radius 3 is 2.86 bits per heavy atom. The fraction of sp³-hybridized carbons (Fsp3) is 0.312. The zero-order chi connectivity index (χ0) is 15.1. The van der Waals surface area contributed by atoms with E-state index in [-0.39, 0.29) is 6.04 Å². The van der Waals surface area contributed by atoms with Crippen molar-refractivity contribution >= 4 is 44.0 Å². The minimum Gasteiger partial charge on any atom is -0.374 e. The van der Waals surface area contributed by atoms with Gasteiger partial charge in [-0.1, -0.05) is 0 Å². The molecular formula is C16H15BrN4S. The van der Waals surface area contributed by atoms with Crippen LogP contribution < -0.4 is 5.32 Å². The predicted molar refractivity (Wildman–Crippen MR) is 93.2 cm³/mol. The van der Waals surface area contributed by atoms with Gasteiger partial charge in [0.25, 0.3) is 0 Å². The molecule has 22 heavy (non-hydrogen) atoms. The number of fused-ring (bicyclic) bond motifs is 1. The van der Waals surface area contributed by atoms with Crippen LogP contribution in [0.2, 0.25) is 0 Å². The van der Waals surface area contributed by atoms with Gasteiger partial charge in [0, 0.05) is 27.9 Å². The van der Waals surface area contributed by atoms with Crippen LogP contribution in [-0.4, -0.2) is 15.0 Å². The lowest BCUT2D eigenvalue weighted by Gasteiger charge is -2.18. The molecule has 0 aromatic carbocycles. The highest BCUT2D eigenvalue weighted by Gasteiger charge is 2.34. The zero-order valence-corrected chi connectivity index (χ0v) is 14.5. The lowest BCUT2D eigenvalue weighted by molar-refractivity contribution is 0.674. The Labute approximate surface area is 141 Å². The average molecular weight is 375 g/mol. The summed E-state index contributed by atoms with van der Waals surface area (Å²) in [6.45, 7) is 2.10.